The third-order valence-corrected chi connectivity index (χ3v) is 5.09. The average Bonchev–Trinajstić information content (AvgIpc) is 3.33. The molecule has 4 rings (SSSR count). The minimum absolute atomic E-state index is 0.0799. The second-order valence-corrected chi connectivity index (χ2v) is 7.46. The van der Waals surface area contributed by atoms with Crippen LogP contribution < -0.4 is 10.1 Å². The molecule has 1 radical (unpaired) electrons. The van der Waals surface area contributed by atoms with E-state index in [2.05, 4.69) is 30.2 Å². The molecular weight excluding hydrogens is 469 g/mol. The highest BCUT2D eigenvalue weighted by Gasteiger charge is 2.18. The highest BCUT2D eigenvalue weighted by atomic mass is 35.5. The summed E-state index contributed by atoms with van der Waals surface area (Å²) in [5, 5.41) is 15.0. The standard InChI is InChI=1S/C21H16Cl2N7O3/c1-33-21-16(30(31)32)4-5-17(29-21)24-7-6-18-27-11-14(20-25-8-9-26-20)19(28-18)13-3-2-12(22)10-15(13)23/h2-6,8-11H,7H2,1H3,(H,24,29)(H,25,26). The number of halogens is 2. The molecule has 0 spiro atoms. The fourth-order valence-electron chi connectivity index (χ4n) is 3.03. The van der Waals surface area contributed by atoms with Crippen molar-refractivity contribution in [2.45, 2.75) is 0 Å². The maximum absolute atomic E-state index is 11.0. The minimum atomic E-state index is -0.556. The summed E-state index contributed by atoms with van der Waals surface area (Å²) in [6.45, 7) is 0.307. The Morgan fingerprint density at radius 1 is 1.18 bits per heavy atom. The first-order valence-corrected chi connectivity index (χ1v) is 10.3. The number of benzene rings is 1. The number of methoxy groups -OCH3 is 1. The van der Waals surface area contributed by atoms with Gasteiger partial charge in [-0.25, -0.2) is 15.0 Å². The molecule has 0 saturated carbocycles. The van der Waals surface area contributed by atoms with Crippen molar-refractivity contribution < 1.29 is 9.66 Å². The molecule has 2 N–H and O–H groups in total. The molecule has 0 saturated heterocycles. The molecule has 0 unspecified atom stereocenters. The van der Waals surface area contributed by atoms with E-state index in [1.807, 2.05) is 0 Å². The maximum atomic E-state index is 11.0. The highest BCUT2D eigenvalue weighted by molar-refractivity contribution is 6.36. The molecule has 3 aromatic heterocycles. The van der Waals surface area contributed by atoms with Gasteiger partial charge in [0.1, 0.15) is 17.5 Å². The van der Waals surface area contributed by atoms with E-state index >= 15 is 0 Å². The van der Waals surface area contributed by atoms with Crippen LogP contribution in [0.5, 0.6) is 5.88 Å². The van der Waals surface area contributed by atoms with Crippen LogP contribution in [-0.2, 0) is 0 Å². The Morgan fingerprint density at radius 3 is 2.73 bits per heavy atom. The van der Waals surface area contributed by atoms with Crippen molar-refractivity contribution in [1.82, 2.24) is 24.9 Å². The van der Waals surface area contributed by atoms with Crippen molar-refractivity contribution in [1.29, 1.82) is 0 Å². The fraction of sp³-hybridized carbons (Fsp3) is 0.0952. The van der Waals surface area contributed by atoms with Crippen molar-refractivity contribution in [2.24, 2.45) is 0 Å². The smallest absolute Gasteiger partial charge is 0.331 e. The number of nitrogens with one attached hydrogen (secondary N) is 2. The molecule has 0 fully saturated rings. The van der Waals surface area contributed by atoms with Crippen LogP contribution in [0.2, 0.25) is 10.0 Å². The van der Waals surface area contributed by atoms with Gasteiger partial charge in [0.25, 0.3) is 5.88 Å². The first kappa shape index (κ1) is 22.4. The molecular formula is C21H16Cl2N7O3. The second kappa shape index (κ2) is 9.80. The van der Waals surface area contributed by atoms with Gasteiger partial charge >= 0.3 is 5.69 Å². The van der Waals surface area contributed by atoms with E-state index in [-0.39, 0.29) is 11.6 Å². The summed E-state index contributed by atoms with van der Waals surface area (Å²) >= 11 is 12.5. The Bertz CT molecular complexity index is 1300. The van der Waals surface area contributed by atoms with Crippen LogP contribution >= 0.6 is 23.2 Å². The lowest BCUT2D eigenvalue weighted by Gasteiger charge is -2.11. The van der Waals surface area contributed by atoms with E-state index in [1.165, 1.54) is 19.2 Å². The van der Waals surface area contributed by atoms with Gasteiger partial charge in [0.2, 0.25) is 0 Å². The van der Waals surface area contributed by atoms with E-state index in [0.717, 1.165) is 0 Å². The van der Waals surface area contributed by atoms with Gasteiger partial charge in [0, 0.05) is 48.2 Å². The first-order chi connectivity index (χ1) is 16.0. The van der Waals surface area contributed by atoms with Gasteiger partial charge in [-0.2, -0.15) is 4.98 Å². The summed E-state index contributed by atoms with van der Waals surface area (Å²) in [5.74, 6) is 1.36. The van der Waals surface area contributed by atoms with Crippen LogP contribution in [0.4, 0.5) is 11.5 Å². The topological polar surface area (TPSA) is 132 Å². The monoisotopic (exact) mass is 484 g/mol. The van der Waals surface area contributed by atoms with Crippen molar-refractivity contribution in [3.63, 3.8) is 0 Å². The summed E-state index contributed by atoms with van der Waals surface area (Å²) < 4.78 is 4.99. The number of H-pyrrole nitrogens is 1. The zero-order chi connectivity index (χ0) is 23.4. The second-order valence-electron chi connectivity index (χ2n) is 6.62. The number of aromatic amines is 1. The molecule has 12 heteroatoms. The fourth-order valence-corrected chi connectivity index (χ4v) is 3.53. The number of rotatable bonds is 8. The van der Waals surface area contributed by atoms with Crippen molar-refractivity contribution >= 4 is 34.7 Å². The van der Waals surface area contributed by atoms with Crippen LogP contribution in [0.3, 0.4) is 0 Å². The van der Waals surface area contributed by atoms with Gasteiger partial charge in [-0.1, -0.05) is 23.2 Å². The van der Waals surface area contributed by atoms with Gasteiger partial charge in [0.15, 0.2) is 0 Å². The van der Waals surface area contributed by atoms with E-state index < -0.39 is 4.92 Å². The first-order valence-electron chi connectivity index (χ1n) is 9.55. The average molecular weight is 485 g/mol. The molecule has 0 aliphatic rings. The molecule has 33 heavy (non-hydrogen) atoms. The Hall–Kier alpha value is -3.76. The zero-order valence-electron chi connectivity index (χ0n) is 17.1. The Labute approximate surface area is 198 Å². The van der Waals surface area contributed by atoms with Crippen LogP contribution in [-0.4, -0.2) is 43.5 Å². The van der Waals surface area contributed by atoms with E-state index in [0.29, 0.717) is 50.9 Å². The Balaban J connectivity index is 1.57. The maximum Gasteiger partial charge on any atom is 0.331 e. The lowest BCUT2D eigenvalue weighted by atomic mass is 10.1. The number of hydrogen-bond acceptors (Lipinski definition) is 8. The normalized spacial score (nSPS) is 10.8. The number of anilines is 1. The lowest BCUT2D eigenvalue weighted by molar-refractivity contribution is -0.386. The predicted octanol–water partition coefficient (Wildman–Crippen LogP) is 4.82. The van der Waals surface area contributed by atoms with Crippen LogP contribution in [0.1, 0.15) is 5.82 Å². The number of nitro groups is 1. The van der Waals surface area contributed by atoms with E-state index in [9.17, 15) is 10.1 Å². The van der Waals surface area contributed by atoms with Crippen molar-refractivity contribution in [2.75, 3.05) is 19.0 Å². The SMILES string of the molecule is COc1nc(NC[CH]c2ncc(-c3ncc[nH]3)c(-c3ccc(Cl)cc3Cl)n2)ccc1[N+](=O)[O-]. The lowest BCUT2D eigenvalue weighted by Crippen LogP contribution is -2.08. The van der Waals surface area contributed by atoms with Crippen molar-refractivity contribution in [3.05, 3.63) is 81.3 Å². The van der Waals surface area contributed by atoms with Crippen LogP contribution in [0.15, 0.2) is 48.9 Å². The van der Waals surface area contributed by atoms with Gasteiger partial charge in [-0.3, -0.25) is 10.1 Å². The number of imidazole rings is 1. The molecule has 1 aromatic carbocycles. The van der Waals surface area contributed by atoms with Gasteiger partial charge in [-0.05, 0) is 24.3 Å². The molecule has 0 aliphatic carbocycles. The largest absolute Gasteiger partial charge is 0.476 e. The predicted molar refractivity (Wildman–Crippen MR) is 124 cm³/mol. The molecule has 0 atom stereocenters. The number of aromatic nitrogens is 5. The molecule has 0 bridgehead atoms. The Kier molecular flexibility index (Phi) is 6.66. The van der Waals surface area contributed by atoms with E-state index in [1.54, 1.807) is 43.2 Å². The van der Waals surface area contributed by atoms with E-state index in [4.69, 9.17) is 27.9 Å². The summed E-state index contributed by atoms with van der Waals surface area (Å²) in [6, 6.07) is 7.98. The Morgan fingerprint density at radius 2 is 2.03 bits per heavy atom. The molecule has 10 nitrogen and oxygen atoms in total. The summed E-state index contributed by atoms with van der Waals surface area (Å²) in [7, 11) is 1.32. The molecule has 0 aliphatic heterocycles. The number of ether oxygens (including phenoxy) is 1. The van der Waals surface area contributed by atoms with Crippen LogP contribution in [0, 0.1) is 16.5 Å². The zero-order valence-corrected chi connectivity index (χ0v) is 18.6. The van der Waals surface area contributed by atoms with Gasteiger partial charge in [0.05, 0.1) is 28.3 Å². The van der Waals surface area contributed by atoms with Gasteiger partial charge in [-0.15, -0.1) is 0 Å². The number of nitrogens with zero attached hydrogens (tertiary/aromatic N) is 5. The molecule has 0 amide bonds. The minimum Gasteiger partial charge on any atom is -0.476 e. The molecule has 3 heterocycles. The molecule has 167 valence electrons. The van der Waals surface area contributed by atoms with Crippen LogP contribution in [0.25, 0.3) is 22.6 Å². The third kappa shape index (κ3) is 5.02. The summed E-state index contributed by atoms with van der Waals surface area (Å²) in [5.41, 5.74) is 1.73. The highest BCUT2D eigenvalue weighted by Crippen LogP contribution is 2.34. The van der Waals surface area contributed by atoms with Crippen molar-refractivity contribution in [3.8, 4) is 28.5 Å². The number of pyridine rings is 1. The summed E-state index contributed by atoms with van der Waals surface area (Å²) in [6.07, 6.45) is 6.75. The summed E-state index contributed by atoms with van der Waals surface area (Å²) in [4.78, 5) is 31.0. The van der Waals surface area contributed by atoms with Gasteiger partial charge < -0.3 is 15.0 Å². The quantitative estimate of drug-likeness (QED) is 0.268. The number of hydrogen-bond donors (Lipinski definition) is 2. The third-order valence-electron chi connectivity index (χ3n) is 4.55. The molecule has 4 aromatic rings.